The molecule has 14 heteroatoms. The van der Waals surface area contributed by atoms with Crippen LogP contribution in [0.25, 0.3) is 0 Å². The van der Waals surface area contributed by atoms with Gasteiger partial charge in [0.2, 0.25) is 11.6 Å². The van der Waals surface area contributed by atoms with Crippen LogP contribution >= 0.6 is 10.3 Å². The first-order valence-corrected chi connectivity index (χ1v) is 24.7. The molecule has 0 aromatic heterocycles. The van der Waals surface area contributed by atoms with E-state index < -0.39 is 50.1 Å². The standard InChI is InChI=1S/C47H55F3O9S2/c1-28-34-18-30-16-31(19-34)23-45(28,22-30)26-41(51)43(53)57-36-8-12-39(13-9-36)60(38-6-4-3-5-7-38,59-61(55,56)47(48,49)50)40-14-10-37(11-15-40)58-44(54)42(52)27-46-24-32-17-33(25-46)21-35(20-32)29(46)2/h3-15,28-35,43-44,53-54H,16-27H2,1-2H3. The Labute approximate surface area is 357 Å². The van der Waals surface area contributed by atoms with Gasteiger partial charge in [-0.1, -0.05) is 32.0 Å². The number of Topliss-reactive ketones (excluding diaryl/α,β-unsaturated/α-hetero) is 2. The van der Waals surface area contributed by atoms with Crippen LogP contribution in [-0.2, 0) is 23.3 Å². The Morgan fingerprint density at radius 2 is 0.984 bits per heavy atom. The predicted molar refractivity (Wildman–Crippen MR) is 221 cm³/mol. The van der Waals surface area contributed by atoms with Crippen LogP contribution < -0.4 is 9.47 Å². The second-order valence-corrected chi connectivity index (χ2v) is 24.0. The molecule has 2 N–H and O–H groups in total. The smallest absolute Gasteiger partial charge is 0.458 e. The molecule has 8 bridgehead atoms. The molecule has 3 aromatic rings. The fraction of sp³-hybridized carbons (Fsp3) is 0.574. The number of aliphatic hydroxyl groups is 2. The lowest BCUT2D eigenvalue weighted by atomic mass is 9.44. The van der Waals surface area contributed by atoms with E-state index in [0.717, 1.165) is 25.7 Å². The summed E-state index contributed by atoms with van der Waals surface area (Å²) >= 11 is 0. The van der Waals surface area contributed by atoms with Crippen molar-refractivity contribution in [2.24, 2.45) is 58.2 Å². The Kier molecular flexibility index (Phi) is 11.0. The van der Waals surface area contributed by atoms with Crippen LogP contribution in [0.3, 0.4) is 0 Å². The third kappa shape index (κ3) is 7.74. The number of ether oxygens (including phenoxy) is 2. The molecule has 3 aromatic carbocycles. The van der Waals surface area contributed by atoms with Crippen molar-refractivity contribution >= 4 is 32.0 Å². The van der Waals surface area contributed by atoms with Gasteiger partial charge in [0.25, 0.3) is 12.6 Å². The maximum absolute atomic E-state index is 14.2. The first kappa shape index (κ1) is 42.9. The molecule has 8 fully saturated rings. The van der Waals surface area contributed by atoms with Gasteiger partial charge < -0.3 is 19.7 Å². The molecule has 0 aliphatic heterocycles. The molecule has 8 unspecified atom stereocenters. The molecule has 0 heterocycles. The zero-order valence-corrected chi connectivity index (χ0v) is 36.1. The molecule has 11 rings (SSSR count). The molecule has 0 spiro atoms. The van der Waals surface area contributed by atoms with Crippen LogP contribution in [0.15, 0.2) is 93.5 Å². The summed E-state index contributed by atoms with van der Waals surface area (Å²) in [5.74, 6) is 3.56. The highest BCUT2D eigenvalue weighted by atomic mass is 32.3. The summed E-state index contributed by atoms with van der Waals surface area (Å²) in [5, 5.41) is 22.0. The van der Waals surface area contributed by atoms with Gasteiger partial charge in [-0.2, -0.15) is 25.2 Å². The minimum absolute atomic E-state index is 0.0376. The molecule has 330 valence electrons. The summed E-state index contributed by atoms with van der Waals surface area (Å²) in [5.41, 5.74) is -6.11. The predicted octanol–water partition coefficient (Wildman–Crippen LogP) is 9.99. The molecule has 8 aliphatic rings. The molecule has 8 atom stereocenters. The van der Waals surface area contributed by atoms with Gasteiger partial charge in [0.15, 0.2) is 0 Å². The van der Waals surface area contributed by atoms with E-state index in [-0.39, 0.29) is 49.9 Å². The molecule has 8 saturated carbocycles. The fourth-order valence-corrected chi connectivity index (χ4v) is 18.2. The largest absolute Gasteiger partial charge is 0.524 e. The zero-order valence-electron chi connectivity index (χ0n) is 34.5. The van der Waals surface area contributed by atoms with Gasteiger partial charge in [0.1, 0.15) is 11.5 Å². The first-order valence-electron chi connectivity index (χ1n) is 21.7. The summed E-state index contributed by atoms with van der Waals surface area (Å²) in [6, 6.07) is 18.6. The highest BCUT2D eigenvalue weighted by Gasteiger charge is 2.58. The average molecular weight is 885 g/mol. The van der Waals surface area contributed by atoms with Gasteiger partial charge in [0.05, 0.1) is 0 Å². The maximum Gasteiger partial charge on any atom is 0.524 e. The van der Waals surface area contributed by atoms with Gasteiger partial charge >= 0.3 is 15.6 Å². The van der Waals surface area contributed by atoms with E-state index in [2.05, 4.69) is 13.8 Å². The Bertz CT molecular complexity index is 2090. The molecule has 61 heavy (non-hydrogen) atoms. The number of aliphatic hydroxyl groups excluding tert-OH is 2. The number of ketones is 2. The third-order valence-corrected chi connectivity index (χ3v) is 20.9. The third-order valence-electron chi connectivity index (χ3n) is 16.0. The van der Waals surface area contributed by atoms with E-state index >= 15 is 0 Å². The van der Waals surface area contributed by atoms with E-state index in [1.807, 2.05) is 0 Å². The number of benzene rings is 3. The number of carbonyl (C=O) groups is 2. The first-order chi connectivity index (χ1) is 28.9. The number of alkyl halides is 3. The minimum Gasteiger partial charge on any atom is -0.458 e. The summed E-state index contributed by atoms with van der Waals surface area (Å²) in [6.07, 6.45) is 7.91. The van der Waals surface area contributed by atoms with Crippen LogP contribution in [-0.4, -0.2) is 48.3 Å². The lowest BCUT2D eigenvalue weighted by molar-refractivity contribution is -0.155. The van der Waals surface area contributed by atoms with E-state index in [4.69, 9.17) is 13.1 Å². The summed E-state index contributed by atoms with van der Waals surface area (Å²) in [4.78, 5) is 27.2. The van der Waals surface area contributed by atoms with Gasteiger partial charge in [-0.25, -0.2) is 0 Å². The maximum atomic E-state index is 14.2. The van der Waals surface area contributed by atoms with Crippen molar-refractivity contribution < 1.29 is 54.5 Å². The number of carbonyl (C=O) groups excluding carboxylic acids is 2. The summed E-state index contributed by atoms with van der Waals surface area (Å²) in [7, 11) is -9.98. The minimum atomic E-state index is -6.23. The molecule has 8 aliphatic carbocycles. The van der Waals surface area contributed by atoms with Crippen LogP contribution in [0.4, 0.5) is 13.2 Å². The van der Waals surface area contributed by atoms with Crippen LogP contribution in [0, 0.1) is 58.2 Å². The van der Waals surface area contributed by atoms with E-state index in [1.165, 1.54) is 99.2 Å². The lowest BCUT2D eigenvalue weighted by Gasteiger charge is -2.60. The fourth-order valence-electron chi connectivity index (χ4n) is 13.5. The summed E-state index contributed by atoms with van der Waals surface area (Å²) in [6.45, 7) is 4.44. The van der Waals surface area contributed by atoms with Crippen molar-refractivity contribution in [3.63, 3.8) is 0 Å². The van der Waals surface area contributed by atoms with Crippen LogP contribution in [0.2, 0.25) is 0 Å². The Morgan fingerprint density at radius 3 is 1.34 bits per heavy atom. The van der Waals surface area contributed by atoms with E-state index in [0.29, 0.717) is 47.3 Å². The number of hydrogen-bond acceptors (Lipinski definition) is 9. The second kappa shape index (κ2) is 15.7. The SMILES string of the molecule is CC1C2CC3CC(C2)CC1(CC(=O)C(O)Oc1ccc(S(OS(=O)(=O)C(F)(F)F)(c2ccccc2)c2ccc(OC(O)C(=O)CC45CC6CC(CC(C6)C4C)C5)cc2)cc1)C3. The molecule has 9 nitrogen and oxygen atoms in total. The Balaban J connectivity index is 0.967. The second-order valence-electron chi connectivity index (χ2n) is 19.5. The van der Waals surface area contributed by atoms with Gasteiger partial charge in [-0.3, -0.25) is 9.59 Å². The van der Waals surface area contributed by atoms with Crippen molar-refractivity contribution in [1.29, 1.82) is 0 Å². The summed E-state index contributed by atoms with van der Waals surface area (Å²) < 4.78 is 85.5. The van der Waals surface area contributed by atoms with Gasteiger partial charge in [-0.05, 0) is 193 Å². The molecule has 0 saturated heterocycles. The highest BCUT2D eigenvalue weighted by Crippen LogP contribution is 2.71. The van der Waals surface area contributed by atoms with E-state index in [9.17, 15) is 41.4 Å². The van der Waals surface area contributed by atoms with E-state index in [1.54, 1.807) is 18.2 Å². The van der Waals surface area contributed by atoms with Gasteiger partial charge in [0, 0.05) is 27.5 Å². The van der Waals surface area contributed by atoms with Crippen molar-refractivity contribution in [3.05, 3.63) is 78.9 Å². The average Bonchev–Trinajstić information content (AvgIpc) is 3.21. The van der Waals surface area contributed by atoms with Crippen LogP contribution in [0.1, 0.15) is 90.9 Å². The molecule has 0 radical (unpaired) electrons. The topological polar surface area (TPSA) is 136 Å². The van der Waals surface area contributed by atoms with Crippen LogP contribution in [0.5, 0.6) is 11.5 Å². The zero-order chi connectivity index (χ0) is 43.1. The Morgan fingerprint density at radius 1 is 0.623 bits per heavy atom. The van der Waals surface area contributed by atoms with Crippen molar-refractivity contribution in [3.8, 4) is 11.5 Å². The normalized spacial score (nSPS) is 34.9. The van der Waals surface area contributed by atoms with Crippen molar-refractivity contribution in [2.75, 3.05) is 0 Å². The lowest BCUT2D eigenvalue weighted by Crippen LogP contribution is -2.53. The Hall–Kier alpha value is -3.43. The molecular weight excluding hydrogens is 830 g/mol. The van der Waals surface area contributed by atoms with Crippen molar-refractivity contribution in [1.82, 2.24) is 0 Å². The number of rotatable bonds is 15. The molecular formula is C47H55F3O9S2. The highest BCUT2D eigenvalue weighted by molar-refractivity contribution is 8.33. The van der Waals surface area contributed by atoms with Gasteiger partial charge in [-0.15, -0.1) is 0 Å². The monoisotopic (exact) mass is 884 g/mol. The number of hydrogen-bond donors (Lipinski definition) is 2. The quantitative estimate of drug-likeness (QED) is 0.113. The number of halogens is 3. The molecule has 0 amide bonds. The van der Waals surface area contributed by atoms with Crippen molar-refractivity contribution in [2.45, 2.75) is 124 Å².